The van der Waals surface area contributed by atoms with E-state index in [0.29, 0.717) is 49.3 Å². The minimum Gasteiger partial charge on any atom is -0.485 e. The molecule has 0 aliphatic heterocycles. The van der Waals surface area contributed by atoms with E-state index in [0.717, 1.165) is 0 Å². The number of benzene rings is 1. The van der Waals surface area contributed by atoms with Gasteiger partial charge in [-0.25, -0.2) is 0 Å². The van der Waals surface area contributed by atoms with Crippen molar-refractivity contribution in [1.29, 1.82) is 0 Å². The lowest BCUT2D eigenvalue weighted by Gasteiger charge is -2.22. The van der Waals surface area contributed by atoms with Crippen LogP contribution < -0.4 is 4.74 Å². The van der Waals surface area contributed by atoms with Gasteiger partial charge >= 0.3 is 0 Å². The van der Waals surface area contributed by atoms with Crippen LogP contribution in [-0.4, -0.2) is 61.5 Å². The highest BCUT2D eigenvalue weighted by Gasteiger charge is 2.15. The van der Waals surface area contributed by atoms with E-state index in [4.69, 9.17) is 18.7 Å². The zero-order chi connectivity index (χ0) is 18.1. The van der Waals surface area contributed by atoms with Crippen LogP contribution in [0.25, 0.3) is 0 Å². The number of methoxy groups -OCH3 is 2. The Morgan fingerprint density at radius 2 is 1.76 bits per heavy atom. The van der Waals surface area contributed by atoms with Crippen LogP contribution in [0.5, 0.6) is 5.75 Å². The van der Waals surface area contributed by atoms with E-state index < -0.39 is 0 Å². The van der Waals surface area contributed by atoms with E-state index >= 15 is 0 Å². The Bertz CT molecular complexity index is 649. The van der Waals surface area contributed by atoms with Gasteiger partial charge in [0.05, 0.1) is 13.2 Å². The van der Waals surface area contributed by atoms with Crippen LogP contribution in [-0.2, 0) is 16.1 Å². The summed E-state index contributed by atoms with van der Waals surface area (Å²) in [6.07, 6.45) is 0. The maximum atomic E-state index is 12.6. The predicted octanol–water partition coefficient (Wildman–Crippen LogP) is 1.69. The summed E-state index contributed by atoms with van der Waals surface area (Å²) < 4.78 is 20.6. The molecule has 0 atom stereocenters. The molecule has 8 heteroatoms. The smallest absolute Gasteiger partial charge is 0.254 e. The van der Waals surface area contributed by atoms with Crippen molar-refractivity contribution in [3.8, 4) is 5.75 Å². The summed E-state index contributed by atoms with van der Waals surface area (Å²) in [6.45, 7) is 3.89. The fourth-order valence-corrected chi connectivity index (χ4v) is 2.14. The van der Waals surface area contributed by atoms with Crippen molar-refractivity contribution in [3.63, 3.8) is 0 Å². The van der Waals surface area contributed by atoms with Crippen molar-refractivity contribution < 1.29 is 23.5 Å². The van der Waals surface area contributed by atoms with Crippen LogP contribution in [0.3, 0.4) is 0 Å². The third-order valence-corrected chi connectivity index (χ3v) is 3.46. The van der Waals surface area contributed by atoms with Gasteiger partial charge in [0.25, 0.3) is 5.91 Å². The van der Waals surface area contributed by atoms with E-state index in [2.05, 4.69) is 10.1 Å². The molecule has 0 bridgehead atoms. The van der Waals surface area contributed by atoms with Crippen molar-refractivity contribution >= 4 is 5.91 Å². The van der Waals surface area contributed by atoms with Crippen LogP contribution in [0, 0.1) is 6.92 Å². The summed E-state index contributed by atoms with van der Waals surface area (Å²) in [7, 11) is 3.21. The number of hydrogen-bond acceptors (Lipinski definition) is 7. The Balaban J connectivity index is 1.95. The summed E-state index contributed by atoms with van der Waals surface area (Å²) in [5.74, 6) is 1.52. The Labute approximate surface area is 146 Å². The molecule has 8 nitrogen and oxygen atoms in total. The van der Waals surface area contributed by atoms with Gasteiger partial charge in [0.1, 0.15) is 5.75 Å². The maximum absolute atomic E-state index is 12.6. The summed E-state index contributed by atoms with van der Waals surface area (Å²) in [5.41, 5.74) is 0.579. The summed E-state index contributed by atoms with van der Waals surface area (Å²) in [5, 5.41) is 3.76. The van der Waals surface area contributed by atoms with E-state index in [-0.39, 0.29) is 12.5 Å². The van der Waals surface area contributed by atoms with Gasteiger partial charge in [-0.1, -0.05) is 5.16 Å². The van der Waals surface area contributed by atoms with Crippen molar-refractivity contribution in [2.24, 2.45) is 0 Å². The molecule has 2 aromatic rings. The van der Waals surface area contributed by atoms with Gasteiger partial charge in [0, 0.05) is 39.8 Å². The van der Waals surface area contributed by atoms with Gasteiger partial charge in [-0.05, 0) is 24.3 Å². The largest absolute Gasteiger partial charge is 0.485 e. The predicted molar refractivity (Wildman–Crippen MR) is 89.5 cm³/mol. The number of nitrogens with zero attached hydrogens (tertiary/aromatic N) is 3. The molecule has 1 heterocycles. The highest BCUT2D eigenvalue weighted by Crippen LogP contribution is 2.15. The zero-order valence-corrected chi connectivity index (χ0v) is 14.7. The van der Waals surface area contributed by atoms with Crippen LogP contribution in [0.4, 0.5) is 0 Å². The topological polar surface area (TPSA) is 86.9 Å². The zero-order valence-electron chi connectivity index (χ0n) is 14.7. The average molecular weight is 349 g/mol. The first kappa shape index (κ1) is 18.9. The van der Waals surface area contributed by atoms with Crippen molar-refractivity contribution in [1.82, 2.24) is 15.0 Å². The van der Waals surface area contributed by atoms with Crippen LogP contribution in [0.1, 0.15) is 22.1 Å². The Morgan fingerprint density at radius 1 is 1.12 bits per heavy atom. The lowest BCUT2D eigenvalue weighted by Crippen LogP contribution is -2.36. The van der Waals surface area contributed by atoms with Gasteiger partial charge in [0.15, 0.2) is 6.61 Å². The van der Waals surface area contributed by atoms with E-state index in [1.54, 1.807) is 50.3 Å². The number of ether oxygens (including phenoxy) is 3. The third-order valence-electron chi connectivity index (χ3n) is 3.46. The molecule has 2 rings (SSSR count). The van der Waals surface area contributed by atoms with E-state index in [9.17, 15) is 4.79 Å². The Kier molecular flexibility index (Phi) is 7.36. The molecule has 1 aromatic carbocycles. The van der Waals surface area contributed by atoms with Crippen LogP contribution >= 0.6 is 0 Å². The first-order valence-corrected chi connectivity index (χ1v) is 7.93. The molecule has 0 spiro atoms. The molecule has 0 radical (unpaired) electrons. The maximum Gasteiger partial charge on any atom is 0.254 e. The Morgan fingerprint density at radius 3 is 2.28 bits per heavy atom. The highest BCUT2D eigenvalue weighted by molar-refractivity contribution is 5.94. The summed E-state index contributed by atoms with van der Waals surface area (Å²) in [4.78, 5) is 18.4. The molecule has 0 unspecified atom stereocenters. The molecular formula is C17H23N3O5. The van der Waals surface area contributed by atoms with Crippen molar-refractivity contribution in [2.75, 3.05) is 40.5 Å². The third kappa shape index (κ3) is 5.84. The van der Waals surface area contributed by atoms with Crippen LogP contribution in [0.2, 0.25) is 0 Å². The fraction of sp³-hybridized carbons (Fsp3) is 0.471. The van der Waals surface area contributed by atoms with E-state index in [1.165, 1.54) is 0 Å². The highest BCUT2D eigenvalue weighted by atomic mass is 16.5. The molecular weight excluding hydrogens is 326 g/mol. The lowest BCUT2D eigenvalue weighted by molar-refractivity contribution is 0.0627. The molecule has 136 valence electrons. The number of amides is 1. The minimum atomic E-state index is -0.0746. The number of carbonyl (C=O) groups is 1. The number of hydrogen-bond donors (Lipinski definition) is 0. The number of aryl methyl sites for hydroxylation is 1. The molecule has 0 saturated carbocycles. The normalized spacial score (nSPS) is 10.7. The van der Waals surface area contributed by atoms with Gasteiger partial charge in [0.2, 0.25) is 11.7 Å². The molecule has 0 aliphatic rings. The second kappa shape index (κ2) is 9.75. The molecule has 0 aliphatic carbocycles. The molecule has 1 aromatic heterocycles. The molecule has 0 fully saturated rings. The number of rotatable bonds is 10. The van der Waals surface area contributed by atoms with Gasteiger partial charge < -0.3 is 23.6 Å². The quantitative estimate of drug-likeness (QED) is 0.645. The first-order valence-electron chi connectivity index (χ1n) is 7.93. The van der Waals surface area contributed by atoms with Crippen LogP contribution in [0.15, 0.2) is 28.8 Å². The van der Waals surface area contributed by atoms with Crippen molar-refractivity contribution in [3.05, 3.63) is 41.5 Å². The minimum absolute atomic E-state index is 0.0746. The van der Waals surface area contributed by atoms with Gasteiger partial charge in [-0.2, -0.15) is 4.98 Å². The Hall–Kier alpha value is -2.45. The molecule has 25 heavy (non-hydrogen) atoms. The van der Waals surface area contributed by atoms with Gasteiger partial charge in [-0.3, -0.25) is 4.79 Å². The second-order valence-corrected chi connectivity index (χ2v) is 5.32. The fourth-order valence-electron chi connectivity index (χ4n) is 2.14. The SMILES string of the molecule is COCCN(CCOC)C(=O)c1ccc(OCc2noc(C)n2)cc1. The lowest BCUT2D eigenvalue weighted by atomic mass is 10.2. The summed E-state index contributed by atoms with van der Waals surface area (Å²) in [6, 6.07) is 6.94. The number of carbonyl (C=O) groups excluding carboxylic acids is 1. The summed E-state index contributed by atoms with van der Waals surface area (Å²) >= 11 is 0. The standard InChI is InChI=1S/C17H23N3O5/c1-13-18-16(19-25-13)12-24-15-6-4-14(5-7-15)17(21)20(8-10-22-2)9-11-23-3/h4-7H,8-12H2,1-3H3. The first-order chi connectivity index (χ1) is 12.1. The average Bonchev–Trinajstić information content (AvgIpc) is 3.05. The second-order valence-electron chi connectivity index (χ2n) is 5.32. The van der Waals surface area contributed by atoms with Gasteiger partial charge in [-0.15, -0.1) is 0 Å². The molecule has 1 amide bonds. The molecule has 0 N–H and O–H groups in total. The molecule has 0 saturated heterocycles. The van der Waals surface area contributed by atoms with Crippen molar-refractivity contribution in [2.45, 2.75) is 13.5 Å². The van der Waals surface area contributed by atoms with E-state index in [1.807, 2.05) is 0 Å². The number of aromatic nitrogens is 2. The monoisotopic (exact) mass is 349 g/mol.